The first kappa shape index (κ1) is 28.6. The molecule has 0 aliphatic carbocycles. The van der Waals surface area contributed by atoms with Crippen LogP contribution in [0, 0.1) is 0 Å². The van der Waals surface area contributed by atoms with Gasteiger partial charge < -0.3 is 30.7 Å². The van der Waals surface area contributed by atoms with Gasteiger partial charge in [-0.25, -0.2) is 0 Å². The van der Waals surface area contributed by atoms with Crippen LogP contribution in [0.25, 0.3) is 0 Å². The van der Waals surface area contributed by atoms with Gasteiger partial charge in [0.25, 0.3) is 0 Å². The maximum Gasteiger partial charge on any atom is 0.500 e. The van der Waals surface area contributed by atoms with Gasteiger partial charge >= 0.3 is 17.6 Å². The summed E-state index contributed by atoms with van der Waals surface area (Å²) in [4.78, 5) is 0. The Morgan fingerprint density at radius 1 is 0.500 bits per heavy atom. The molecule has 0 aliphatic rings. The van der Waals surface area contributed by atoms with Crippen molar-refractivity contribution in [3.63, 3.8) is 0 Å². The number of hydrogen-bond donors (Lipinski definition) is 0. The van der Waals surface area contributed by atoms with Gasteiger partial charge in [0.15, 0.2) is 16.6 Å². The lowest BCUT2D eigenvalue weighted by atomic mass is 10.9. The summed E-state index contributed by atoms with van der Waals surface area (Å²) in [6.07, 6.45) is 0. The van der Waals surface area contributed by atoms with E-state index in [4.69, 9.17) is 30.7 Å². The summed E-state index contributed by atoms with van der Waals surface area (Å²) in [7, 11) is -4.03. The fourth-order valence-electron chi connectivity index (χ4n) is 3.32. The molecule has 0 bridgehead atoms. The molecule has 0 radical (unpaired) electrons. The van der Waals surface area contributed by atoms with Crippen molar-refractivity contribution in [2.45, 2.75) is 71.1 Å². The Kier molecular flexibility index (Phi) is 13.4. The van der Waals surface area contributed by atoms with E-state index in [0.29, 0.717) is 19.8 Å². The average Bonchev–Trinajstić information content (AvgIpc) is 2.62. The van der Waals surface area contributed by atoms with Crippen molar-refractivity contribution in [3.05, 3.63) is 0 Å². The molecule has 0 fully saturated rings. The van der Waals surface area contributed by atoms with Crippen LogP contribution in [0.2, 0.25) is 50.4 Å². The molecule has 7 nitrogen and oxygen atoms in total. The summed E-state index contributed by atoms with van der Waals surface area (Å²) in [5.41, 5.74) is 0. The monoisotopic (exact) mass is 472 g/mol. The lowest BCUT2D eigenvalue weighted by Gasteiger charge is -2.37. The molecule has 11 heteroatoms. The average molecular weight is 473 g/mol. The zero-order valence-electron chi connectivity index (χ0n) is 19.8. The third kappa shape index (κ3) is 10.1. The van der Waals surface area contributed by atoms with Crippen LogP contribution in [0.4, 0.5) is 0 Å². The van der Waals surface area contributed by atoms with Crippen LogP contribution in [0.5, 0.6) is 0 Å². The van der Waals surface area contributed by atoms with Crippen molar-refractivity contribution in [3.8, 4) is 0 Å². The minimum atomic E-state index is -2.63. The van der Waals surface area contributed by atoms with Gasteiger partial charge in [-0.05, 0) is 59.0 Å². The fourth-order valence-corrected chi connectivity index (χ4v) is 20.5. The molecule has 0 atom stereocenters. The van der Waals surface area contributed by atoms with Gasteiger partial charge in [-0.15, -0.1) is 0 Å². The number of rotatable bonds is 17. The number of hydrogen-bond acceptors (Lipinski definition) is 7. The molecule has 0 aromatic rings. The van der Waals surface area contributed by atoms with Crippen LogP contribution in [0.1, 0.15) is 20.8 Å². The Labute approximate surface area is 177 Å². The first-order valence-electron chi connectivity index (χ1n) is 10.3. The third-order valence-electron chi connectivity index (χ3n) is 4.64. The fraction of sp³-hybridized carbons (Fsp3) is 1.00. The lowest BCUT2D eigenvalue weighted by Crippen LogP contribution is -2.51. The second kappa shape index (κ2) is 13.1. The highest BCUT2D eigenvalue weighted by molar-refractivity contribution is 6.86. The summed E-state index contributed by atoms with van der Waals surface area (Å²) in [5, 5.41) is 0. The van der Waals surface area contributed by atoms with Crippen molar-refractivity contribution in [1.29, 1.82) is 0 Å². The van der Waals surface area contributed by atoms with Crippen LogP contribution in [-0.4, -0.2) is 75.4 Å². The van der Waals surface area contributed by atoms with E-state index in [9.17, 15) is 0 Å². The Balaban J connectivity index is 4.98. The Morgan fingerprint density at radius 3 is 1.11 bits per heavy atom. The zero-order valence-corrected chi connectivity index (χ0v) is 23.8. The molecule has 28 heavy (non-hydrogen) atoms. The minimum absolute atomic E-state index is 0.604. The van der Waals surface area contributed by atoms with Crippen molar-refractivity contribution >= 4 is 34.2 Å². The third-order valence-corrected chi connectivity index (χ3v) is 18.8. The van der Waals surface area contributed by atoms with E-state index in [1.807, 2.05) is 20.8 Å². The molecule has 0 saturated heterocycles. The summed E-state index contributed by atoms with van der Waals surface area (Å²) in [6, 6.07) is 3.47. The van der Waals surface area contributed by atoms with Gasteiger partial charge in [0.2, 0.25) is 0 Å². The molecular weight excluding hydrogens is 429 g/mol. The highest BCUT2D eigenvalue weighted by Crippen LogP contribution is 2.30. The van der Waals surface area contributed by atoms with E-state index in [2.05, 4.69) is 26.2 Å². The molecule has 170 valence electrons. The van der Waals surface area contributed by atoms with E-state index < -0.39 is 34.2 Å². The van der Waals surface area contributed by atoms with Gasteiger partial charge in [-0.2, -0.15) is 0 Å². The molecule has 0 saturated carbocycles. The second-order valence-corrected chi connectivity index (χ2v) is 22.6. The molecule has 0 N–H and O–H groups in total. The summed E-state index contributed by atoms with van der Waals surface area (Å²) >= 11 is 0. The predicted molar refractivity (Wildman–Crippen MR) is 123 cm³/mol. The van der Waals surface area contributed by atoms with Crippen LogP contribution in [0.15, 0.2) is 0 Å². The van der Waals surface area contributed by atoms with Crippen molar-refractivity contribution in [2.75, 3.05) is 41.2 Å². The van der Waals surface area contributed by atoms with Crippen LogP contribution in [-0.2, 0) is 30.7 Å². The van der Waals surface area contributed by atoms with E-state index in [0.717, 1.165) is 24.2 Å². The molecule has 0 unspecified atom stereocenters. The molecule has 0 aromatic carbocycles. The molecule has 0 aromatic heterocycles. The molecular formula is C17H44O7Si4. The van der Waals surface area contributed by atoms with Crippen LogP contribution < -0.4 is 0 Å². The summed E-state index contributed by atoms with van der Waals surface area (Å²) in [6.45, 7) is 16.9. The minimum Gasteiger partial charge on any atom is -0.456 e. The predicted octanol–water partition coefficient (Wildman–Crippen LogP) is 4.34. The van der Waals surface area contributed by atoms with E-state index in [1.54, 1.807) is 21.3 Å². The first-order valence-corrected chi connectivity index (χ1v) is 20.4. The standard InChI is InChI=1S/C17H44O7Si4/c1-11-21-28(22-12-2,23-13-3)17-15-26(9,10)24-25(7,8)14-16-27(18-4,19-5)20-6/h11-17H2,1-10H3. The van der Waals surface area contributed by atoms with E-state index in [-0.39, 0.29) is 0 Å². The maximum atomic E-state index is 6.77. The van der Waals surface area contributed by atoms with E-state index >= 15 is 0 Å². The van der Waals surface area contributed by atoms with Crippen molar-refractivity contribution < 1.29 is 30.7 Å². The SMILES string of the molecule is CCO[Si](CC[Si](C)(C)O[Si](C)(C)CC[Si](OC)(OC)OC)(OCC)OCC. The smallest absolute Gasteiger partial charge is 0.456 e. The molecule has 0 amide bonds. The van der Waals surface area contributed by atoms with Gasteiger partial charge in [0, 0.05) is 53.2 Å². The highest BCUT2D eigenvalue weighted by Gasteiger charge is 2.45. The Bertz CT molecular complexity index is 395. The topological polar surface area (TPSA) is 64.6 Å². The van der Waals surface area contributed by atoms with Crippen molar-refractivity contribution in [2.24, 2.45) is 0 Å². The first-order chi connectivity index (χ1) is 13.0. The Morgan fingerprint density at radius 2 is 0.821 bits per heavy atom. The van der Waals surface area contributed by atoms with Gasteiger partial charge in [-0.1, -0.05) is 0 Å². The lowest BCUT2D eigenvalue weighted by molar-refractivity contribution is 0.0723. The zero-order chi connectivity index (χ0) is 21.9. The summed E-state index contributed by atoms with van der Waals surface area (Å²) in [5.74, 6) is 0. The van der Waals surface area contributed by atoms with E-state index in [1.165, 1.54) is 0 Å². The van der Waals surface area contributed by atoms with Crippen LogP contribution in [0.3, 0.4) is 0 Å². The molecule has 0 spiro atoms. The second-order valence-electron chi connectivity index (χ2n) is 7.90. The Hall–Kier alpha value is 0.588. The molecule has 0 aliphatic heterocycles. The van der Waals surface area contributed by atoms with Crippen molar-refractivity contribution in [1.82, 2.24) is 0 Å². The largest absolute Gasteiger partial charge is 0.500 e. The van der Waals surface area contributed by atoms with Gasteiger partial charge in [-0.3, -0.25) is 0 Å². The quantitative estimate of drug-likeness (QED) is 0.292. The molecule has 0 heterocycles. The van der Waals surface area contributed by atoms with Crippen LogP contribution >= 0.6 is 0 Å². The highest BCUT2D eigenvalue weighted by atomic mass is 28.4. The van der Waals surface area contributed by atoms with Gasteiger partial charge in [0.1, 0.15) is 0 Å². The van der Waals surface area contributed by atoms with Gasteiger partial charge in [0.05, 0.1) is 0 Å². The summed E-state index contributed by atoms with van der Waals surface area (Å²) < 4.78 is 41.5. The molecule has 0 rings (SSSR count). The normalized spacial score (nSPS) is 13.9. The maximum absolute atomic E-state index is 6.77.